The van der Waals surface area contributed by atoms with Crippen molar-refractivity contribution in [3.63, 3.8) is 0 Å². The smallest absolute Gasteiger partial charge is 0.311 e. The van der Waals surface area contributed by atoms with Crippen molar-refractivity contribution in [2.75, 3.05) is 6.61 Å². The molecule has 2 unspecified atom stereocenters. The lowest BCUT2D eigenvalue weighted by molar-refractivity contribution is -0.164. The molecule has 0 fully saturated rings. The van der Waals surface area contributed by atoms with Crippen LogP contribution in [0.2, 0.25) is 0 Å². The number of carbonyl (C=O) groups excluding carboxylic acids is 2. The van der Waals surface area contributed by atoms with Gasteiger partial charge in [-0.1, -0.05) is 39.0 Å². The second-order valence-electron chi connectivity index (χ2n) is 10.6. The van der Waals surface area contributed by atoms with Crippen LogP contribution in [0.25, 0.3) is 0 Å². The number of hydrogen-bond donors (Lipinski definition) is 2. The molecule has 0 radical (unpaired) electrons. The van der Waals surface area contributed by atoms with Crippen molar-refractivity contribution in [1.29, 1.82) is 0 Å². The van der Waals surface area contributed by atoms with E-state index in [2.05, 4.69) is 32.1 Å². The van der Waals surface area contributed by atoms with Crippen molar-refractivity contribution < 1.29 is 29.3 Å². The Bertz CT molecular complexity index is 724. The third-order valence-electron chi connectivity index (χ3n) is 7.38. The Labute approximate surface area is 199 Å². The molecule has 2 N–H and O–H groups in total. The molecule has 0 aromatic rings. The van der Waals surface area contributed by atoms with E-state index in [4.69, 9.17) is 9.47 Å². The van der Waals surface area contributed by atoms with Gasteiger partial charge in [0, 0.05) is 5.92 Å². The Morgan fingerprint density at radius 1 is 1.18 bits per heavy atom. The van der Waals surface area contributed by atoms with Crippen LogP contribution in [0, 0.1) is 29.1 Å². The van der Waals surface area contributed by atoms with Crippen LogP contribution in [0.5, 0.6) is 0 Å². The zero-order chi connectivity index (χ0) is 24.8. The van der Waals surface area contributed by atoms with Crippen LogP contribution in [0.3, 0.4) is 0 Å². The number of ether oxygens (including phenoxy) is 2. The zero-order valence-electron chi connectivity index (χ0n) is 21.3. The molecule has 2 aliphatic carbocycles. The molecule has 0 aromatic heterocycles. The summed E-state index contributed by atoms with van der Waals surface area (Å²) in [6.45, 7) is 12.2. The van der Waals surface area contributed by atoms with E-state index in [0.29, 0.717) is 12.3 Å². The summed E-state index contributed by atoms with van der Waals surface area (Å²) in [5.74, 6) is 0.363. The fraction of sp³-hybridized carbons (Fsp3) is 0.778. The van der Waals surface area contributed by atoms with Crippen molar-refractivity contribution >= 4 is 11.9 Å². The van der Waals surface area contributed by atoms with E-state index in [-0.39, 0.29) is 49.3 Å². The van der Waals surface area contributed by atoms with Crippen LogP contribution in [0.15, 0.2) is 23.8 Å². The molecule has 2 aliphatic rings. The lowest BCUT2D eigenvalue weighted by Crippen LogP contribution is -2.43. The number of aliphatic hydroxyl groups is 2. The van der Waals surface area contributed by atoms with Gasteiger partial charge in [0.1, 0.15) is 6.10 Å². The summed E-state index contributed by atoms with van der Waals surface area (Å²) in [6, 6.07) is 0. The second-order valence-corrected chi connectivity index (χ2v) is 10.6. The van der Waals surface area contributed by atoms with Crippen LogP contribution in [0.4, 0.5) is 0 Å². The van der Waals surface area contributed by atoms with Gasteiger partial charge in [-0.05, 0) is 76.2 Å². The van der Waals surface area contributed by atoms with Gasteiger partial charge in [0.15, 0.2) is 0 Å². The summed E-state index contributed by atoms with van der Waals surface area (Å²) in [5.41, 5.74) is 0.710. The van der Waals surface area contributed by atoms with Gasteiger partial charge in [-0.25, -0.2) is 0 Å². The number of rotatable bonds is 11. The first-order chi connectivity index (χ1) is 15.5. The lowest BCUT2D eigenvalue weighted by atomic mass is 9.65. The van der Waals surface area contributed by atoms with Crippen LogP contribution in [-0.2, 0) is 19.1 Å². The minimum Gasteiger partial charge on any atom is -0.466 e. The molecule has 0 aromatic carbocycles. The fourth-order valence-corrected chi connectivity index (χ4v) is 4.98. The van der Waals surface area contributed by atoms with Crippen molar-refractivity contribution in [3.8, 4) is 0 Å². The topological polar surface area (TPSA) is 93.1 Å². The highest BCUT2D eigenvalue weighted by Gasteiger charge is 2.42. The van der Waals surface area contributed by atoms with Gasteiger partial charge in [0.25, 0.3) is 0 Å². The number of aliphatic hydroxyl groups excluding tert-OH is 2. The Hall–Kier alpha value is -1.66. The third kappa shape index (κ3) is 7.68. The maximum absolute atomic E-state index is 12.9. The van der Waals surface area contributed by atoms with Gasteiger partial charge in [0.05, 0.1) is 30.7 Å². The third-order valence-corrected chi connectivity index (χ3v) is 7.38. The molecule has 0 aliphatic heterocycles. The van der Waals surface area contributed by atoms with Gasteiger partial charge in [-0.2, -0.15) is 0 Å². The van der Waals surface area contributed by atoms with E-state index in [1.165, 1.54) is 5.57 Å². The standard InChI is InChI=1S/C27H44O6/c1-7-27(5,6)26(31)33-23-14-17(3)13-19-10-9-18(4)22(25(19)23)12-11-20(28)15-21(29)16-24(30)32-8-2/h9-10,13,17-18,20-23,25,28-29H,7-8,11-12,14-16H2,1-6H3/t17-,18-,20?,21?,22-,23-,25-/m0/s1. The second kappa shape index (κ2) is 12.2. The molecule has 6 nitrogen and oxygen atoms in total. The van der Waals surface area contributed by atoms with E-state index in [1.54, 1.807) is 6.92 Å². The molecule has 6 heteroatoms. The Kier molecular flexibility index (Phi) is 10.2. The number of allylic oxidation sites excluding steroid dienone is 3. The monoisotopic (exact) mass is 464 g/mol. The molecule has 0 saturated heterocycles. The zero-order valence-corrected chi connectivity index (χ0v) is 21.3. The molecule has 0 amide bonds. The highest BCUT2D eigenvalue weighted by molar-refractivity contribution is 5.76. The van der Waals surface area contributed by atoms with E-state index in [1.807, 2.05) is 20.8 Å². The van der Waals surface area contributed by atoms with Crippen molar-refractivity contribution in [2.24, 2.45) is 29.1 Å². The van der Waals surface area contributed by atoms with Crippen LogP contribution >= 0.6 is 0 Å². The van der Waals surface area contributed by atoms with Crippen molar-refractivity contribution in [1.82, 2.24) is 0 Å². The van der Waals surface area contributed by atoms with Crippen molar-refractivity contribution in [3.05, 3.63) is 23.8 Å². The molecule has 0 bridgehead atoms. The van der Waals surface area contributed by atoms with Gasteiger partial charge in [0.2, 0.25) is 0 Å². The summed E-state index contributed by atoms with van der Waals surface area (Å²) in [5, 5.41) is 20.7. The van der Waals surface area contributed by atoms with Gasteiger partial charge < -0.3 is 19.7 Å². The summed E-state index contributed by atoms with van der Waals surface area (Å²) < 4.78 is 11.0. The number of carbonyl (C=O) groups is 2. The molecule has 0 heterocycles. The first-order valence-electron chi connectivity index (χ1n) is 12.6. The fourth-order valence-electron chi connectivity index (χ4n) is 4.98. The predicted molar refractivity (Wildman–Crippen MR) is 128 cm³/mol. The van der Waals surface area contributed by atoms with E-state index >= 15 is 0 Å². The highest BCUT2D eigenvalue weighted by atomic mass is 16.5. The molecule has 188 valence electrons. The Balaban J connectivity index is 2.07. The molecule has 2 rings (SSSR count). The largest absolute Gasteiger partial charge is 0.466 e. The normalized spacial score (nSPS) is 29.0. The molecule has 0 saturated carbocycles. The Morgan fingerprint density at radius 2 is 1.88 bits per heavy atom. The van der Waals surface area contributed by atoms with Gasteiger partial charge in [-0.15, -0.1) is 0 Å². The SMILES string of the molecule is CCOC(=O)CC(O)CC(O)CC[C@@H]1[C@@H]2C(=C[C@H](C)C[C@@H]2OC(=O)C(C)(C)CC)C=C[C@@H]1C. The highest BCUT2D eigenvalue weighted by Crippen LogP contribution is 2.45. The predicted octanol–water partition coefficient (Wildman–Crippen LogP) is 4.58. The molecular weight excluding hydrogens is 420 g/mol. The number of fused-ring (bicyclic) bond motifs is 1. The molecule has 33 heavy (non-hydrogen) atoms. The van der Waals surface area contributed by atoms with Gasteiger partial charge >= 0.3 is 11.9 Å². The Morgan fingerprint density at radius 3 is 2.52 bits per heavy atom. The summed E-state index contributed by atoms with van der Waals surface area (Å²) >= 11 is 0. The number of esters is 2. The summed E-state index contributed by atoms with van der Waals surface area (Å²) in [6.07, 6.45) is 7.70. The van der Waals surface area contributed by atoms with Crippen LogP contribution < -0.4 is 0 Å². The molecule has 7 atom stereocenters. The summed E-state index contributed by atoms with van der Waals surface area (Å²) in [4.78, 5) is 24.5. The van der Waals surface area contributed by atoms with Crippen LogP contribution in [-0.4, -0.2) is 47.1 Å². The maximum Gasteiger partial charge on any atom is 0.311 e. The molecular formula is C27H44O6. The van der Waals surface area contributed by atoms with Crippen molar-refractivity contribution in [2.45, 2.75) is 98.4 Å². The first-order valence-corrected chi connectivity index (χ1v) is 12.6. The number of hydrogen-bond acceptors (Lipinski definition) is 6. The minimum atomic E-state index is -0.918. The molecule has 0 spiro atoms. The minimum absolute atomic E-state index is 0.105. The lowest BCUT2D eigenvalue weighted by Gasteiger charge is -2.44. The van der Waals surface area contributed by atoms with Gasteiger partial charge in [-0.3, -0.25) is 9.59 Å². The van der Waals surface area contributed by atoms with E-state index in [0.717, 1.165) is 19.3 Å². The van der Waals surface area contributed by atoms with E-state index in [9.17, 15) is 19.8 Å². The maximum atomic E-state index is 12.9. The van der Waals surface area contributed by atoms with Crippen LogP contribution in [0.1, 0.15) is 80.1 Å². The quantitative estimate of drug-likeness (QED) is 0.435. The summed E-state index contributed by atoms with van der Waals surface area (Å²) in [7, 11) is 0. The first kappa shape index (κ1) is 27.6. The van der Waals surface area contributed by atoms with E-state index < -0.39 is 23.6 Å². The average Bonchev–Trinajstić information content (AvgIpc) is 2.72. The average molecular weight is 465 g/mol.